The molecule has 0 aliphatic carbocycles. The number of carbonyl (C=O) groups is 2. The topological polar surface area (TPSA) is 67.2 Å². The van der Waals surface area contributed by atoms with Crippen LogP contribution in [0.2, 0.25) is 0 Å². The van der Waals surface area contributed by atoms with Crippen molar-refractivity contribution in [2.75, 3.05) is 5.32 Å². The van der Waals surface area contributed by atoms with Gasteiger partial charge >= 0.3 is 0 Å². The summed E-state index contributed by atoms with van der Waals surface area (Å²) in [5.41, 5.74) is 5.59. The van der Waals surface area contributed by atoms with Gasteiger partial charge in [-0.1, -0.05) is 54.6 Å². The third-order valence-electron chi connectivity index (χ3n) is 6.59. The Morgan fingerprint density at radius 3 is 2.53 bits per heavy atom. The summed E-state index contributed by atoms with van der Waals surface area (Å²) in [6.07, 6.45) is 0.0393. The maximum Gasteiger partial charge on any atom is 0.247 e. The average Bonchev–Trinajstić information content (AvgIpc) is 3.22. The molecule has 1 aliphatic rings. The van der Waals surface area contributed by atoms with Gasteiger partial charge in [0.1, 0.15) is 11.9 Å². The van der Waals surface area contributed by atoms with Crippen molar-refractivity contribution in [3.8, 4) is 0 Å². The van der Waals surface area contributed by atoms with Crippen molar-refractivity contribution < 1.29 is 9.59 Å². The van der Waals surface area contributed by atoms with Crippen LogP contribution in [-0.4, -0.2) is 26.3 Å². The lowest BCUT2D eigenvalue weighted by Gasteiger charge is -2.38. The molecular weight excluding hydrogens is 424 g/mol. The Labute approximate surface area is 199 Å². The highest BCUT2D eigenvalue weighted by Crippen LogP contribution is 2.37. The standard InChI is InChI=1S/C28H28N4O2/c1-18-13-14-19(2)23(15-18)29-26(33)16-25-28(34)31(17-21-9-5-4-6-10-21)20(3)27-30-22-11-7-8-12-24(22)32(25)27/h4-15,20,25H,16-17H2,1-3H3,(H,29,33)/t20-,25-/m0/s1. The van der Waals surface area contributed by atoms with Gasteiger partial charge in [0, 0.05) is 12.2 Å². The first-order chi connectivity index (χ1) is 16.4. The molecule has 2 amide bonds. The number of carbonyl (C=O) groups excluding carboxylic acids is 2. The number of aromatic nitrogens is 2. The lowest BCUT2D eigenvalue weighted by molar-refractivity contribution is -0.142. The highest BCUT2D eigenvalue weighted by Gasteiger charge is 2.40. The van der Waals surface area contributed by atoms with Crippen LogP contribution in [0.15, 0.2) is 72.8 Å². The zero-order valence-electron chi connectivity index (χ0n) is 19.7. The fourth-order valence-corrected chi connectivity index (χ4v) is 4.74. The molecule has 0 spiro atoms. The zero-order valence-corrected chi connectivity index (χ0v) is 19.7. The molecule has 2 heterocycles. The zero-order chi connectivity index (χ0) is 23.8. The summed E-state index contributed by atoms with van der Waals surface area (Å²) < 4.78 is 1.96. The number of amides is 2. The number of fused-ring (bicyclic) bond motifs is 3. The number of hydrogen-bond acceptors (Lipinski definition) is 3. The van der Waals surface area contributed by atoms with Gasteiger partial charge in [0.2, 0.25) is 11.8 Å². The summed E-state index contributed by atoms with van der Waals surface area (Å²) in [5.74, 6) is 0.550. The van der Waals surface area contributed by atoms with Crippen molar-refractivity contribution in [1.29, 1.82) is 0 Å². The van der Waals surface area contributed by atoms with Crippen LogP contribution < -0.4 is 5.32 Å². The number of hydrogen-bond donors (Lipinski definition) is 1. The summed E-state index contributed by atoms with van der Waals surface area (Å²) >= 11 is 0. The molecule has 5 rings (SSSR count). The number of aryl methyl sites for hydroxylation is 2. The van der Waals surface area contributed by atoms with Gasteiger partial charge in [0.25, 0.3) is 0 Å². The van der Waals surface area contributed by atoms with E-state index in [1.54, 1.807) is 0 Å². The first-order valence-corrected chi connectivity index (χ1v) is 11.6. The average molecular weight is 453 g/mol. The predicted molar refractivity (Wildman–Crippen MR) is 133 cm³/mol. The molecule has 0 bridgehead atoms. The molecule has 2 atom stereocenters. The Morgan fingerprint density at radius 1 is 1.00 bits per heavy atom. The molecule has 1 N–H and O–H groups in total. The Balaban J connectivity index is 1.51. The smallest absolute Gasteiger partial charge is 0.247 e. The number of benzene rings is 3. The number of nitrogens with one attached hydrogen (secondary N) is 1. The van der Waals surface area contributed by atoms with Crippen LogP contribution in [0.4, 0.5) is 5.69 Å². The van der Waals surface area contributed by atoms with Crippen molar-refractivity contribution in [3.63, 3.8) is 0 Å². The van der Waals surface area contributed by atoms with E-state index in [-0.39, 0.29) is 24.3 Å². The molecule has 6 nitrogen and oxygen atoms in total. The normalized spacial score (nSPS) is 17.6. The Morgan fingerprint density at radius 2 is 1.74 bits per heavy atom. The first kappa shape index (κ1) is 21.9. The van der Waals surface area contributed by atoms with E-state index in [2.05, 4.69) is 5.32 Å². The number of imidazole rings is 1. The molecule has 1 aromatic heterocycles. The van der Waals surface area contributed by atoms with Crippen LogP contribution in [0.1, 0.15) is 47.9 Å². The molecule has 0 saturated heterocycles. The van der Waals surface area contributed by atoms with Crippen molar-refractivity contribution in [3.05, 3.63) is 95.3 Å². The third kappa shape index (κ3) is 3.96. The van der Waals surface area contributed by atoms with Gasteiger partial charge in [0.15, 0.2) is 0 Å². The maximum atomic E-state index is 13.9. The summed E-state index contributed by atoms with van der Waals surface area (Å²) in [4.78, 5) is 33.7. The maximum absolute atomic E-state index is 13.9. The molecular formula is C28H28N4O2. The van der Waals surface area contributed by atoms with Gasteiger partial charge in [-0.2, -0.15) is 0 Å². The van der Waals surface area contributed by atoms with Gasteiger partial charge in [-0.05, 0) is 55.7 Å². The van der Waals surface area contributed by atoms with Crippen molar-refractivity contribution in [2.24, 2.45) is 0 Å². The summed E-state index contributed by atoms with van der Waals surface area (Å²) in [6.45, 7) is 6.43. The van der Waals surface area contributed by atoms with Gasteiger partial charge < -0.3 is 14.8 Å². The quantitative estimate of drug-likeness (QED) is 0.445. The van der Waals surface area contributed by atoms with E-state index in [4.69, 9.17) is 4.98 Å². The molecule has 1 aliphatic heterocycles. The number of para-hydroxylation sites is 2. The first-order valence-electron chi connectivity index (χ1n) is 11.6. The lowest BCUT2D eigenvalue weighted by atomic mass is 10.0. The molecule has 0 radical (unpaired) electrons. The van der Waals surface area contributed by atoms with Crippen LogP contribution >= 0.6 is 0 Å². The number of nitrogens with zero attached hydrogens (tertiary/aromatic N) is 3. The van der Waals surface area contributed by atoms with E-state index in [9.17, 15) is 9.59 Å². The van der Waals surface area contributed by atoms with Crippen LogP contribution in [-0.2, 0) is 16.1 Å². The summed E-state index contributed by atoms with van der Waals surface area (Å²) in [6, 6.07) is 22.8. The van der Waals surface area contributed by atoms with E-state index < -0.39 is 6.04 Å². The second-order valence-corrected chi connectivity index (χ2v) is 9.04. The number of rotatable bonds is 5. The molecule has 0 saturated carbocycles. The van der Waals surface area contributed by atoms with Crippen molar-refractivity contribution in [2.45, 2.75) is 45.8 Å². The fraction of sp³-hybridized carbons (Fsp3) is 0.250. The molecule has 0 fully saturated rings. The Hall–Kier alpha value is -3.93. The summed E-state index contributed by atoms with van der Waals surface area (Å²) in [7, 11) is 0. The largest absolute Gasteiger partial charge is 0.327 e. The molecule has 0 unspecified atom stereocenters. The highest BCUT2D eigenvalue weighted by molar-refractivity contribution is 5.96. The van der Waals surface area contributed by atoms with Crippen LogP contribution in [0, 0.1) is 13.8 Å². The monoisotopic (exact) mass is 452 g/mol. The second kappa shape index (κ2) is 8.78. The van der Waals surface area contributed by atoms with E-state index in [1.807, 2.05) is 103 Å². The van der Waals surface area contributed by atoms with E-state index in [0.717, 1.165) is 39.2 Å². The van der Waals surface area contributed by atoms with Gasteiger partial charge in [-0.3, -0.25) is 9.59 Å². The van der Waals surface area contributed by atoms with Crippen LogP contribution in [0.25, 0.3) is 11.0 Å². The molecule has 3 aromatic carbocycles. The summed E-state index contributed by atoms with van der Waals surface area (Å²) in [5, 5.41) is 3.02. The fourth-order valence-electron chi connectivity index (χ4n) is 4.74. The number of anilines is 1. The molecule has 6 heteroatoms. The second-order valence-electron chi connectivity index (χ2n) is 9.04. The molecule has 172 valence electrons. The molecule has 34 heavy (non-hydrogen) atoms. The SMILES string of the molecule is Cc1ccc(C)c(NC(=O)C[C@H]2C(=O)N(Cc3ccccc3)[C@@H](C)c3nc4ccccc4n32)c1. The Bertz CT molecular complexity index is 1380. The van der Waals surface area contributed by atoms with Crippen LogP contribution in [0.5, 0.6) is 0 Å². The third-order valence-corrected chi connectivity index (χ3v) is 6.59. The Kier molecular flexibility index (Phi) is 5.65. The molecule has 4 aromatic rings. The van der Waals surface area contributed by atoms with Crippen LogP contribution in [0.3, 0.4) is 0 Å². The van der Waals surface area contributed by atoms with E-state index in [0.29, 0.717) is 6.54 Å². The van der Waals surface area contributed by atoms with Gasteiger partial charge in [-0.25, -0.2) is 4.98 Å². The van der Waals surface area contributed by atoms with Gasteiger partial charge in [0.05, 0.1) is 23.5 Å². The van der Waals surface area contributed by atoms with E-state index in [1.165, 1.54) is 0 Å². The minimum absolute atomic E-state index is 0.0393. The lowest BCUT2D eigenvalue weighted by Crippen LogP contribution is -2.45. The van der Waals surface area contributed by atoms with Crippen molar-refractivity contribution in [1.82, 2.24) is 14.5 Å². The van der Waals surface area contributed by atoms with E-state index >= 15 is 0 Å². The van der Waals surface area contributed by atoms with Gasteiger partial charge in [-0.15, -0.1) is 0 Å². The minimum atomic E-state index is -0.660. The van der Waals surface area contributed by atoms with Crippen molar-refractivity contribution >= 4 is 28.5 Å². The predicted octanol–water partition coefficient (Wildman–Crippen LogP) is 5.33. The minimum Gasteiger partial charge on any atom is -0.327 e. The highest BCUT2D eigenvalue weighted by atomic mass is 16.2.